The van der Waals surface area contributed by atoms with Gasteiger partial charge in [0.05, 0.1) is 0 Å². The summed E-state index contributed by atoms with van der Waals surface area (Å²) in [4.78, 5) is 38.6. The predicted octanol–water partition coefficient (Wildman–Crippen LogP) is 5.13. The van der Waals surface area contributed by atoms with E-state index in [-0.39, 0.29) is 11.9 Å². The minimum atomic E-state index is -0.523. The van der Waals surface area contributed by atoms with Gasteiger partial charge in [0.15, 0.2) is 0 Å². The van der Waals surface area contributed by atoms with Crippen LogP contribution in [0.1, 0.15) is 48.8 Å². The van der Waals surface area contributed by atoms with Crippen molar-refractivity contribution in [3.8, 4) is 11.1 Å². The Hall–Kier alpha value is -3.74. The summed E-state index contributed by atoms with van der Waals surface area (Å²) in [6.07, 6.45) is 3.84. The number of anilines is 1. The summed E-state index contributed by atoms with van der Waals surface area (Å²) in [6, 6.07) is 15.5. The first-order valence-corrected chi connectivity index (χ1v) is 12.0. The quantitative estimate of drug-likeness (QED) is 0.490. The molecule has 1 saturated heterocycles. The van der Waals surface area contributed by atoms with Crippen LogP contribution in [-0.4, -0.2) is 58.5 Å². The van der Waals surface area contributed by atoms with Crippen LogP contribution in [0.2, 0.25) is 0 Å². The van der Waals surface area contributed by atoms with Gasteiger partial charge in [-0.15, -0.1) is 0 Å². The number of hydrogen-bond donors (Lipinski definition) is 0. The van der Waals surface area contributed by atoms with Gasteiger partial charge in [-0.3, -0.25) is 9.78 Å². The minimum absolute atomic E-state index is 0.168. The van der Waals surface area contributed by atoms with Crippen LogP contribution >= 0.6 is 0 Å². The van der Waals surface area contributed by atoms with Crippen molar-refractivity contribution in [2.75, 3.05) is 31.1 Å². The topological polar surface area (TPSA) is 75.6 Å². The smallest absolute Gasteiger partial charge is 0.410 e. The second-order valence-corrected chi connectivity index (χ2v) is 9.85. The van der Waals surface area contributed by atoms with Gasteiger partial charge >= 0.3 is 6.09 Å². The van der Waals surface area contributed by atoms with Gasteiger partial charge < -0.3 is 14.5 Å². The highest BCUT2D eigenvalue weighted by atomic mass is 16.6. The van der Waals surface area contributed by atoms with E-state index in [4.69, 9.17) is 4.74 Å². The van der Waals surface area contributed by atoms with Crippen LogP contribution < -0.4 is 4.90 Å². The van der Waals surface area contributed by atoms with Crippen LogP contribution in [0.25, 0.3) is 11.1 Å². The van der Waals surface area contributed by atoms with Crippen molar-refractivity contribution in [3.63, 3.8) is 0 Å². The van der Waals surface area contributed by atoms with Gasteiger partial charge in [0.1, 0.15) is 17.1 Å². The molecule has 182 valence electrons. The lowest BCUT2D eigenvalue weighted by atomic mass is 10.0. The lowest BCUT2D eigenvalue weighted by Gasteiger charge is -2.26. The summed E-state index contributed by atoms with van der Waals surface area (Å²) in [7, 11) is 0. The van der Waals surface area contributed by atoms with Crippen molar-refractivity contribution >= 4 is 17.7 Å². The first-order chi connectivity index (χ1) is 16.7. The summed E-state index contributed by atoms with van der Waals surface area (Å²) < 4.78 is 5.52. The molecule has 1 fully saturated rings. The second kappa shape index (κ2) is 10.3. The van der Waals surface area contributed by atoms with E-state index in [1.54, 1.807) is 23.4 Å². The highest BCUT2D eigenvalue weighted by molar-refractivity contribution is 6.08. The molecule has 0 unspecified atom stereocenters. The van der Waals surface area contributed by atoms with Gasteiger partial charge in [-0.1, -0.05) is 35.9 Å². The molecule has 0 N–H and O–H groups in total. The van der Waals surface area contributed by atoms with Gasteiger partial charge in [-0.25, -0.2) is 9.78 Å². The summed E-state index contributed by atoms with van der Waals surface area (Å²) in [5.74, 6) is 0.558. The molecule has 2 aromatic heterocycles. The van der Waals surface area contributed by atoms with Gasteiger partial charge in [-0.2, -0.15) is 0 Å². The van der Waals surface area contributed by atoms with Crippen LogP contribution in [-0.2, 0) is 4.74 Å². The molecule has 0 bridgehead atoms. The number of amides is 1. The Bertz CT molecular complexity index is 1200. The highest BCUT2D eigenvalue weighted by Gasteiger charge is 2.25. The lowest BCUT2D eigenvalue weighted by Crippen LogP contribution is -2.39. The standard InChI is InChI=1S/C28H32N4O3/c1-20-9-11-21(12-10-20)22-17-23(19-29-18-22)26(33)24-7-5-8-25(30-24)31-13-6-14-32(16-15-31)27(34)35-28(2,3)4/h5,7-12,17-19H,6,13-16H2,1-4H3. The zero-order valence-corrected chi connectivity index (χ0v) is 20.8. The fraction of sp³-hybridized carbons (Fsp3) is 0.357. The molecule has 0 radical (unpaired) electrons. The largest absolute Gasteiger partial charge is 0.444 e. The average Bonchev–Trinajstić information content (AvgIpc) is 3.10. The van der Waals surface area contributed by atoms with Crippen molar-refractivity contribution in [1.82, 2.24) is 14.9 Å². The molecular formula is C28H32N4O3. The number of pyridine rings is 2. The van der Waals surface area contributed by atoms with Gasteiger partial charge in [0, 0.05) is 49.7 Å². The summed E-state index contributed by atoms with van der Waals surface area (Å²) >= 11 is 0. The third-order valence-electron chi connectivity index (χ3n) is 5.82. The fourth-order valence-electron chi connectivity index (χ4n) is 4.00. The molecule has 0 spiro atoms. The Balaban J connectivity index is 1.48. The third-order valence-corrected chi connectivity index (χ3v) is 5.82. The number of carbonyl (C=O) groups excluding carboxylic acids is 2. The van der Waals surface area contributed by atoms with E-state index < -0.39 is 5.60 Å². The van der Waals surface area contributed by atoms with Gasteiger partial charge in [0.2, 0.25) is 5.78 Å². The number of aryl methyl sites for hydroxylation is 1. The van der Waals surface area contributed by atoms with Crippen LogP contribution in [0, 0.1) is 6.92 Å². The normalized spacial score (nSPS) is 14.4. The maximum absolute atomic E-state index is 13.3. The minimum Gasteiger partial charge on any atom is -0.444 e. The molecule has 1 aliphatic heterocycles. The number of hydrogen-bond acceptors (Lipinski definition) is 6. The number of ether oxygens (including phenoxy) is 1. The van der Waals surface area contributed by atoms with Crippen molar-refractivity contribution in [2.24, 2.45) is 0 Å². The molecule has 1 aliphatic rings. The maximum Gasteiger partial charge on any atom is 0.410 e. The maximum atomic E-state index is 13.3. The molecule has 7 nitrogen and oxygen atoms in total. The van der Waals surface area contributed by atoms with Crippen molar-refractivity contribution < 1.29 is 14.3 Å². The zero-order chi connectivity index (χ0) is 25.0. The van der Waals surface area contributed by atoms with Crippen LogP contribution in [0.3, 0.4) is 0 Å². The van der Waals surface area contributed by atoms with E-state index >= 15 is 0 Å². The first-order valence-electron chi connectivity index (χ1n) is 12.0. The molecule has 3 aromatic rings. The molecule has 3 heterocycles. The molecule has 0 saturated carbocycles. The van der Waals surface area contributed by atoms with E-state index in [2.05, 4.69) is 14.9 Å². The van der Waals surface area contributed by atoms with E-state index in [0.717, 1.165) is 29.9 Å². The fourth-order valence-corrected chi connectivity index (χ4v) is 4.00. The lowest BCUT2D eigenvalue weighted by molar-refractivity contribution is 0.0263. The Morgan fingerprint density at radius 1 is 0.914 bits per heavy atom. The first kappa shape index (κ1) is 24.4. The number of rotatable bonds is 4. The van der Waals surface area contributed by atoms with Crippen LogP contribution in [0.4, 0.5) is 10.6 Å². The van der Waals surface area contributed by atoms with E-state index in [0.29, 0.717) is 30.9 Å². The Morgan fingerprint density at radius 3 is 2.43 bits per heavy atom. The van der Waals surface area contributed by atoms with Gasteiger partial charge in [-0.05, 0) is 57.9 Å². The average molecular weight is 473 g/mol. The predicted molar refractivity (Wildman–Crippen MR) is 137 cm³/mol. The number of carbonyl (C=O) groups is 2. The van der Waals surface area contributed by atoms with Crippen LogP contribution in [0.5, 0.6) is 0 Å². The van der Waals surface area contributed by atoms with Crippen molar-refractivity contribution in [1.29, 1.82) is 0 Å². The van der Waals surface area contributed by atoms with Crippen LogP contribution in [0.15, 0.2) is 60.9 Å². The van der Waals surface area contributed by atoms with Gasteiger partial charge in [0.25, 0.3) is 0 Å². The Morgan fingerprint density at radius 2 is 1.69 bits per heavy atom. The molecule has 4 rings (SSSR count). The molecule has 0 aliphatic carbocycles. The molecular weight excluding hydrogens is 440 g/mol. The summed E-state index contributed by atoms with van der Waals surface area (Å²) in [6.45, 7) is 10.2. The van der Waals surface area contributed by atoms with E-state index in [9.17, 15) is 9.59 Å². The molecule has 7 heteroatoms. The van der Waals surface area contributed by atoms with E-state index in [1.807, 2.05) is 70.2 Å². The zero-order valence-electron chi connectivity index (χ0n) is 20.8. The monoisotopic (exact) mass is 472 g/mol. The third kappa shape index (κ3) is 6.23. The highest BCUT2D eigenvalue weighted by Crippen LogP contribution is 2.22. The Labute approximate surface area is 206 Å². The number of aromatic nitrogens is 2. The number of ketones is 1. The molecule has 1 aromatic carbocycles. The molecule has 1 amide bonds. The SMILES string of the molecule is Cc1ccc(-c2cncc(C(=O)c3cccc(N4CCCN(C(=O)OC(C)(C)C)CC4)n3)c2)cc1. The molecule has 0 atom stereocenters. The molecule has 35 heavy (non-hydrogen) atoms. The number of nitrogens with zero attached hydrogens (tertiary/aromatic N) is 4. The second-order valence-electron chi connectivity index (χ2n) is 9.85. The Kier molecular flexibility index (Phi) is 7.15. The summed E-state index contributed by atoms with van der Waals surface area (Å²) in [5, 5.41) is 0. The van der Waals surface area contributed by atoms with Crippen molar-refractivity contribution in [2.45, 2.75) is 39.7 Å². The van der Waals surface area contributed by atoms with E-state index in [1.165, 1.54) is 5.56 Å². The number of benzene rings is 1. The van der Waals surface area contributed by atoms with Crippen molar-refractivity contribution in [3.05, 3.63) is 77.7 Å². The summed E-state index contributed by atoms with van der Waals surface area (Å²) in [5.41, 5.74) is 3.43.